The maximum atomic E-state index is 4.99. The Bertz CT molecular complexity index is 66.3. The van der Waals surface area contributed by atoms with Crippen molar-refractivity contribution in [3.63, 3.8) is 0 Å². The summed E-state index contributed by atoms with van der Waals surface area (Å²) in [5.41, 5.74) is 0. The number of hydrogen-bond acceptors (Lipinski definition) is 2. The number of hydrogen-bond donors (Lipinski definition) is 1. The van der Waals surface area contributed by atoms with E-state index in [4.69, 9.17) is 5.90 Å². The van der Waals surface area contributed by atoms with Crippen LogP contribution in [0.5, 0.6) is 0 Å². The van der Waals surface area contributed by atoms with E-state index in [2.05, 4.69) is 11.8 Å². The molecule has 0 aliphatic rings. The van der Waals surface area contributed by atoms with Crippen LogP contribution < -0.4 is 5.90 Å². The first-order chi connectivity index (χ1) is 4.81. The van der Waals surface area contributed by atoms with Gasteiger partial charge in [-0.25, -0.2) is 5.90 Å². The van der Waals surface area contributed by atoms with Crippen molar-refractivity contribution in [3.8, 4) is 0 Å². The molecule has 0 saturated carbocycles. The van der Waals surface area contributed by atoms with Crippen molar-refractivity contribution >= 4 is 0 Å². The topological polar surface area (TPSA) is 35.2 Å². The average molecular weight is 145 g/mol. The van der Waals surface area contributed by atoms with Crippen LogP contribution in [0.4, 0.5) is 0 Å². The predicted molar refractivity (Wildman–Crippen MR) is 43.5 cm³/mol. The van der Waals surface area contributed by atoms with E-state index in [9.17, 15) is 0 Å². The van der Waals surface area contributed by atoms with Crippen molar-refractivity contribution in [2.24, 2.45) is 5.90 Å². The van der Waals surface area contributed by atoms with Crippen LogP contribution in [0, 0.1) is 0 Å². The zero-order valence-corrected chi connectivity index (χ0v) is 7.10. The molecule has 62 valence electrons. The lowest BCUT2D eigenvalue weighted by molar-refractivity contribution is 0.0588. The van der Waals surface area contributed by atoms with Crippen LogP contribution in [-0.2, 0) is 4.84 Å². The van der Waals surface area contributed by atoms with Crippen molar-refractivity contribution in [1.29, 1.82) is 0 Å². The van der Waals surface area contributed by atoms with Crippen molar-refractivity contribution in [3.05, 3.63) is 0 Å². The van der Waals surface area contributed by atoms with E-state index < -0.39 is 0 Å². The molecule has 0 spiro atoms. The first kappa shape index (κ1) is 9.92. The molecule has 0 amide bonds. The normalized spacial score (nSPS) is 13.5. The molecule has 0 fully saturated rings. The molecule has 0 aromatic rings. The monoisotopic (exact) mass is 145 g/mol. The van der Waals surface area contributed by atoms with E-state index in [-0.39, 0.29) is 6.10 Å². The quantitative estimate of drug-likeness (QED) is 0.459. The summed E-state index contributed by atoms with van der Waals surface area (Å²) in [7, 11) is 0. The number of unbranched alkanes of at least 4 members (excludes halogenated alkanes) is 3. The molecular formula is C8H19NO. The fourth-order valence-electron chi connectivity index (χ4n) is 0.927. The molecule has 0 heterocycles. The van der Waals surface area contributed by atoms with Crippen LogP contribution in [-0.4, -0.2) is 6.10 Å². The zero-order valence-electron chi connectivity index (χ0n) is 7.10. The molecule has 10 heavy (non-hydrogen) atoms. The summed E-state index contributed by atoms with van der Waals surface area (Å²) >= 11 is 0. The summed E-state index contributed by atoms with van der Waals surface area (Å²) in [6, 6.07) is 0. The largest absolute Gasteiger partial charge is 0.302 e. The number of nitrogens with two attached hydrogens (primary N) is 1. The summed E-state index contributed by atoms with van der Waals surface area (Å²) in [6.45, 7) is 4.22. The molecule has 0 rings (SSSR count). The standard InChI is InChI=1S/C8H19NO/c1-3-4-5-6-7-8(2)10-9/h8H,3-7,9H2,1-2H3. The number of rotatable bonds is 6. The van der Waals surface area contributed by atoms with Gasteiger partial charge in [0, 0.05) is 0 Å². The van der Waals surface area contributed by atoms with E-state index >= 15 is 0 Å². The molecule has 2 N–H and O–H groups in total. The molecular weight excluding hydrogens is 126 g/mol. The lowest BCUT2D eigenvalue weighted by atomic mass is 10.1. The second kappa shape index (κ2) is 7.03. The summed E-state index contributed by atoms with van der Waals surface area (Å²) in [4.78, 5) is 4.63. The van der Waals surface area contributed by atoms with Gasteiger partial charge in [-0.1, -0.05) is 32.6 Å². The van der Waals surface area contributed by atoms with Gasteiger partial charge in [0.15, 0.2) is 0 Å². The highest BCUT2D eigenvalue weighted by molar-refractivity contribution is 4.49. The van der Waals surface area contributed by atoms with E-state index in [1.165, 1.54) is 25.7 Å². The Morgan fingerprint density at radius 2 is 2.00 bits per heavy atom. The molecule has 0 aromatic carbocycles. The van der Waals surface area contributed by atoms with Gasteiger partial charge in [-0.05, 0) is 13.3 Å². The minimum atomic E-state index is 0.233. The first-order valence-electron chi connectivity index (χ1n) is 4.16. The minimum Gasteiger partial charge on any atom is -0.302 e. The maximum Gasteiger partial charge on any atom is 0.0759 e. The van der Waals surface area contributed by atoms with Gasteiger partial charge in [-0.2, -0.15) is 0 Å². The molecule has 2 heteroatoms. The fourth-order valence-corrected chi connectivity index (χ4v) is 0.927. The van der Waals surface area contributed by atoms with Gasteiger partial charge in [0.25, 0.3) is 0 Å². The summed E-state index contributed by atoms with van der Waals surface area (Å²) in [6.07, 6.45) is 6.50. The van der Waals surface area contributed by atoms with Crippen LogP contribution in [0.1, 0.15) is 46.0 Å². The summed E-state index contributed by atoms with van der Waals surface area (Å²) in [5, 5.41) is 0. The molecule has 2 nitrogen and oxygen atoms in total. The third kappa shape index (κ3) is 6.05. The lowest BCUT2D eigenvalue weighted by Crippen LogP contribution is -2.12. The van der Waals surface area contributed by atoms with Gasteiger partial charge in [-0.15, -0.1) is 0 Å². The predicted octanol–water partition coefficient (Wildman–Crippen LogP) is 2.24. The molecule has 0 saturated heterocycles. The van der Waals surface area contributed by atoms with Gasteiger partial charge >= 0.3 is 0 Å². The van der Waals surface area contributed by atoms with Crippen LogP contribution in [0.3, 0.4) is 0 Å². The van der Waals surface area contributed by atoms with E-state index in [1.807, 2.05) is 6.92 Å². The fraction of sp³-hybridized carbons (Fsp3) is 1.00. The van der Waals surface area contributed by atoms with Crippen LogP contribution in [0.2, 0.25) is 0 Å². The maximum absolute atomic E-state index is 4.99. The third-order valence-corrected chi connectivity index (χ3v) is 1.70. The lowest BCUT2D eigenvalue weighted by Gasteiger charge is -2.06. The van der Waals surface area contributed by atoms with Crippen LogP contribution >= 0.6 is 0 Å². The van der Waals surface area contributed by atoms with Gasteiger partial charge in [0.1, 0.15) is 0 Å². The summed E-state index contributed by atoms with van der Waals surface area (Å²) < 4.78 is 0. The van der Waals surface area contributed by atoms with Crippen LogP contribution in [0.25, 0.3) is 0 Å². The summed E-state index contributed by atoms with van der Waals surface area (Å²) in [5.74, 6) is 4.99. The van der Waals surface area contributed by atoms with E-state index in [0.29, 0.717) is 0 Å². The molecule has 0 aliphatic carbocycles. The van der Waals surface area contributed by atoms with Crippen molar-refractivity contribution in [1.82, 2.24) is 0 Å². The zero-order chi connectivity index (χ0) is 7.82. The molecule has 0 aromatic heterocycles. The second-order valence-electron chi connectivity index (χ2n) is 2.80. The highest BCUT2D eigenvalue weighted by Crippen LogP contribution is 2.05. The Morgan fingerprint density at radius 3 is 2.50 bits per heavy atom. The van der Waals surface area contributed by atoms with Gasteiger partial charge in [0.2, 0.25) is 0 Å². The van der Waals surface area contributed by atoms with E-state index in [0.717, 1.165) is 6.42 Å². The van der Waals surface area contributed by atoms with Crippen molar-refractivity contribution < 1.29 is 4.84 Å². The molecule has 1 unspecified atom stereocenters. The van der Waals surface area contributed by atoms with Crippen molar-refractivity contribution in [2.45, 2.75) is 52.1 Å². The average Bonchev–Trinajstić information content (AvgIpc) is 1.98. The Kier molecular flexibility index (Phi) is 6.98. The molecule has 0 bridgehead atoms. The smallest absolute Gasteiger partial charge is 0.0759 e. The minimum absolute atomic E-state index is 0.233. The van der Waals surface area contributed by atoms with Crippen molar-refractivity contribution in [2.75, 3.05) is 0 Å². The third-order valence-electron chi connectivity index (χ3n) is 1.70. The van der Waals surface area contributed by atoms with Gasteiger partial charge in [0.05, 0.1) is 6.10 Å². The Hall–Kier alpha value is -0.0800. The van der Waals surface area contributed by atoms with Crippen LogP contribution in [0.15, 0.2) is 0 Å². The molecule has 1 atom stereocenters. The van der Waals surface area contributed by atoms with Gasteiger partial charge < -0.3 is 4.84 Å². The Labute approximate surface area is 63.7 Å². The molecule has 0 radical (unpaired) electrons. The van der Waals surface area contributed by atoms with E-state index in [1.54, 1.807) is 0 Å². The second-order valence-corrected chi connectivity index (χ2v) is 2.80. The SMILES string of the molecule is CCCCCCC(C)ON. The first-order valence-corrected chi connectivity index (χ1v) is 4.16. The highest BCUT2D eigenvalue weighted by atomic mass is 16.6. The molecule has 0 aliphatic heterocycles. The Morgan fingerprint density at radius 1 is 1.30 bits per heavy atom. The highest BCUT2D eigenvalue weighted by Gasteiger charge is 1.97. The van der Waals surface area contributed by atoms with Gasteiger partial charge in [-0.3, -0.25) is 0 Å². The Balaban J connectivity index is 2.89.